The molecule has 5 nitrogen and oxygen atoms in total. The van der Waals surface area contributed by atoms with Crippen molar-refractivity contribution in [2.75, 3.05) is 6.61 Å². The number of allylic oxidation sites excluding steroid dienone is 9. The normalized spacial score (nSPS) is 13.9. The maximum atomic E-state index is 12.4. The van der Waals surface area contributed by atoms with Gasteiger partial charge in [-0.3, -0.25) is 4.79 Å². The van der Waals surface area contributed by atoms with Gasteiger partial charge in [0.1, 0.15) is 6.10 Å². The molecule has 0 aliphatic heterocycles. The summed E-state index contributed by atoms with van der Waals surface area (Å²) in [6.07, 6.45) is 66.2. The van der Waals surface area contributed by atoms with E-state index >= 15 is 0 Å². The van der Waals surface area contributed by atoms with Gasteiger partial charge >= 0.3 is 0 Å². The van der Waals surface area contributed by atoms with Gasteiger partial charge in [0, 0.05) is 0 Å². The number of amides is 1. The van der Waals surface area contributed by atoms with E-state index in [0.717, 1.165) is 51.4 Å². The molecule has 0 radical (unpaired) electrons. The molecule has 0 aliphatic carbocycles. The first-order valence-electron chi connectivity index (χ1n) is 25.6. The number of unbranched alkanes of at least 4 members (excludes halogenated alkanes) is 31. The summed E-state index contributed by atoms with van der Waals surface area (Å²) in [5.74, 6) is -0.521. The first-order valence-corrected chi connectivity index (χ1v) is 25.6. The fraction of sp³-hybridized carbons (Fsp3) is 0.796. The van der Waals surface area contributed by atoms with Crippen molar-refractivity contribution in [2.45, 2.75) is 270 Å². The Bertz CT molecular complexity index is 1000. The summed E-state index contributed by atoms with van der Waals surface area (Å²) in [4.78, 5) is 12.4. The van der Waals surface area contributed by atoms with Crippen molar-refractivity contribution < 1.29 is 20.1 Å². The molecule has 0 bridgehead atoms. The third-order valence-electron chi connectivity index (χ3n) is 11.7. The molecule has 0 heterocycles. The fourth-order valence-electron chi connectivity index (χ4n) is 7.67. The molecule has 0 saturated carbocycles. The van der Waals surface area contributed by atoms with Crippen LogP contribution in [0.4, 0.5) is 0 Å². The van der Waals surface area contributed by atoms with E-state index in [0.29, 0.717) is 6.42 Å². The third-order valence-corrected chi connectivity index (χ3v) is 11.7. The summed E-state index contributed by atoms with van der Waals surface area (Å²) >= 11 is 0. The van der Waals surface area contributed by atoms with Crippen molar-refractivity contribution in [3.63, 3.8) is 0 Å². The Morgan fingerprint density at radius 1 is 0.458 bits per heavy atom. The third kappa shape index (κ3) is 43.9. The second-order valence-corrected chi connectivity index (χ2v) is 17.4. The molecule has 0 aromatic rings. The molecule has 0 aromatic carbocycles. The molecule has 0 aliphatic rings. The first-order chi connectivity index (χ1) is 29.1. The summed E-state index contributed by atoms with van der Waals surface area (Å²) < 4.78 is 0. The molecule has 1 amide bonds. The summed E-state index contributed by atoms with van der Waals surface area (Å²) in [5, 5.41) is 33.0. The van der Waals surface area contributed by atoms with Crippen LogP contribution in [0.15, 0.2) is 60.8 Å². The Balaban J connectivity index is 3.48. The SMILES string of the molecule is C/C=C/CC/C=C/CC/C=C/C(O)C(CO)NC(=O)C(O)CCCCCCCCCCCCCCCCCC/C=C\C/C=C\CCCCCCCCCCCCCCC. The highest BCUT2D eigenvalue weighted by molar-refractivity contribution is 5.80. The standard InChI is InChI=1S/C54H99NO4/c1-3-5-7-9-11-13-14-15-16-17-18-19-20-21-22-23-24-25-26-27-28-29-30-31-32-33-34-35-36-37-38-39-41-43-45-47-49-53(58)54(59)55-51(50-56)52(57)48-46-44-42-40-12-10-8-6-4-2/h4,6,12,22-23,25-26,40,46,48,51-53,56-58H,3,5,7-11,13-21,24,27-39,41-45,47,49-50H2,1-2H3,(H,55,59)/b6-4+,23-22-,26-25-,40-12+,48-46+. The lowest BCUT2D eigenvalue weighted by atomic mass is 10.0. The van der Waals surface area contributed by atoms with E-state index in [9.17, 15) is 20.1 Å². The molecular formula is C54H99NO4. The van der Waals surface area contributed by atoms with Crippen LogP contribution in [0.5, 0.6) is 0 Å². The van der Waals surface area contributed by atoms with Crippen LogP contribution in [-0.2, 0) is 4.79 Å². The van der Waals surface area contributed by atoms with Crippen molar-refractivity contribution >= 4 is 5.91 Å². The van der Waals surface area contributed by atoms with Crippen molar-refractivity contribution in [2.24, 2.45) is 0 Å². The van der Waals surface area contributed by atoms with E-state index in [1.54, 1.807) is 6.08 Å². The predicted molar refractivity (Wildman–Crippen MR) is 259 cm³/mol. The maximum absolute atomic E-state index is 12.4. The van der Waals surface area contributed by atoms with Crippen LogP contribution in [0, 0.1) is 0 Å². The van der Waals surface area contributed by atoms with Gasteiger partial charge in [0.15, 0.2) is 0 Å². The zero-order valence-electron chi connectivity index (χ0n) is 39.1. The number of rotatable bonds is 46. The van der Waals surface area contributed by atoms with Crippen LogP contribution >= 0.6 is 0 Å². The second-order valence-electron chi connectivity index (χ2n) is 17.4. The highest BCUT2D eigenvalue weighted by atomic mass is 16.3. The van der Waals surface area contributed by atoms with Crippen LogP contribution in [0.1, 0.15) is 251 Å². The summed E-state index contributed by atoms with van der Waals surface area (Å²) in [7, 11) is 0. The Morgan fingerprint density at radius 3 is 1.22 bits per heavy atom. The number of aliphatic hydroxyl groups is 3. The largest absolute Gasteiger partial charge is 0.394 e. The lowest BCUT2D eigenvalue weighted by Crippen LogP contribution is -2.48. The van der Waals surface area contributed by atoms with Gasteiger partial charge in [-0.05, 0) is 71.1 Å². The average molecular weight is 826 g/mol. The number of nitrogens with one attached hydrogen (secondary N) is 1. The van der Waals surface area contributed by atoms with E-state index in [2.05, 4.69) is 60.8 Å². The van der Waals surface area contributed by atoms with Gasteiger partial charge < -0.3 is 20.6 Å². The molecule has 0 aromatic heterocycles. The van der Waals surface area contributed by atoms with E-state index in [4.69, 9.17) is 0 Å². The number of carbonyl (C=O) groups is 1. The minimum Gasteiger partial charge on any atom is -0.394 e. The molecule has 0 rings (SSSR count). The van der Waals surface area contributed by atoms with Gasteiger partial charge in [-0.2, -0.15) is 0 Å². The van der Waals surface area contributed by atoms with Gasteiger partial charge in [0.25, 0.3) is 0 Å². The van der Waals surface area contributed by atoms with Gasteiger partial charge in [-0.15, -0.1) is 0 Å². The molecule has 5 heteroatoms. The van der Waals surface area contributed by atoms with E-state index in [1.165, 1.54) is 180 Å². The predicted octanol–water partition coefficient (Wildman–Crippen LogP) is 15.4. The van der Waals surface area contributed by atoms with Crippen molar-refractivity contribution in [3.8, 4) is 0 Å². The van der Waals surface area contributed by atoms with E-state index < -0.39 is 24.2 Å². The number of carbonyl (C=O) groups excluding carboxylic acids is 1. The lowest BCUT2D eigenvalue weighted by molar-refractivity contribution is -0.131. The van der Waals surface area contributed by atoms with Crippen LogP contribution in [0.2, 0.25) is 0 Å². The zero-order chi connectivity index (χ0) is 43.0. The topological polar surface area (TPSA) is 89.8 Å². The van der Waals surface area contributed by atoms with Crippen LogP contribution in [-0.4, -0.2) is 46.1 Å². The van der Waals surface area contributed by atoms with Crippen molar-refractivity contribution in [3.05, 3.63) is 60.8 Å². The van der Waals surface area contributed by atoms with Crippen LogP contribution in [0.3, 0.4) is 0 Å². The smallest absolute Gasteiger partial charge is 0.249 e. The Labute approximate surface area is 367 Å². The Morgan fingerprint density at radius 2 is 0.814 bits per heavy atom. The van der Waals surface area contributed by atoms with Gasteiger partial charge in [0.2, 0.25) is 5.91 Å². The number of aliphatic hydroxyl groups excluding tert-OH is 3. The molecule has 344 valence electrons. The Kier molecular flexibility index (Phi) is 47.1. The summed E-state index contributed by atoms with van der Waals surface area (Å²) in [6, 6.07) is -0.820. The Hall–Kier alpha value is -1.95. The summed E-state index contributed by atoms with van der Waals surface area (Å²) in [5.41, 5.74) is 0. The molecule has 4 N–H and O–H groups in total. The van der Waals surface area contributed by atoms with Crippen LogP contribution < -0.4 is 5.32 Å². The molecule has 0 fully saturated rings. The molecule has 59 heavy (non-hydrogen) atoms. The number of hydrogen-bond acceptors (Lipinski definition) is 4. The van der Waals surface area contributed by atoms with Crippen LogP contribution in [0.25, 0.3) is 0 Å². The minimum atomic E-state index is -1.11. The maximum Gasteiger partial charge on any atom is 0.249 e. The fourth-order valence-corrected chi connectivity index (χ4v) is 7.67. The highest BCUT2D eigenvalue weighted by Crippen LogP contribution is 2.16. The van der Waals surface area contributed by atoms with Gasteiger partial charge in [-0.25, -0.2) is 0 Å². The monoisotopic (exact) mass is 826 g/mol. The van der Waals surface area contributed by atoms with Crippen molar-refractivity contribution in [1.82, 2.24) is 5.32 Å². The first kappa shape index (κ1) is 57.1. The minimum absolute atomic E-state index is 0.383. The van der Waals surface area contributed by atoms with Crippen molar-refractivity contribution in [1.29, 1.82) is 0 Å². The molecule has 3 atom stereocenters. The molecule has 0 saturated heterocycles. The number of hydrogen-bond donors (Lipinski definition) is 4. The lowest BCUT2D eigenvalue weighted by Gasteiger charge is -2.21. The molecule has 0 spiro atoms. The van der Waals surface area contributed by atoms with E-state index in [1.807, 2.05) is 13.0 Å². The van der Waals surface area contributed by atoms with Gasteiger partial charge in [0.05, 0.1) is 18.8 Å². The quantitative estimate of drug-likeness (QED) is 0.0363. The zero-order valence-corrected chi connectivity index (χ0v) is 39.1. The second kappa shape index (κ2) is 48.7. The molecular weight excluding hydrogens is 727 g/mol. The van der Waals surface area contributed by atoms with E-state index in [-0.39, 0.29) is 6.61 Å². The highest BCUT2D eigenvalue weighted by Gasteiger charge is 2.22. The average Bonchev–Trinajstić information content (AvgIpc) is 3.24. The van der Waals surface area contributed by atoms with Gasteiger partial charge in [-0.1, -0.05) is 241 Å². The molecule has 3 unspecified atom stereocenters. The summed E-state index contributed by atoms with van der Waals surface area (Å²) in [6.45, 7) is 3.93.